The zero-order valence-electron chi connectivity index (χ0n) is 14.4. The topological polar surface area (TPSA) is 9.23 Å². The Bertz CT molecular complexity index is 604. The highest BCUT2D eigenvalue weighted by Gasteiger charge is 2.07. The Labute approximate surface area is 139 Å². The van der Waals surface area contributed by atoms with E-state index >= 15 is 0 Å². The van der Waals surface area contributed by atoms with Gasteiger partial charge in [-0.25, -0.2) is 4.39 Å². The lowest BCUT2D eigenvalue weighted by atomic mass is 9.97. The molecule has 0 N–H and O–H groups in total. The molecule has 0 saturated carbocycles. The number of hydrogen-bond acceptors (Lipinski definition) is 1. The van der Waals surface area contributed by atoms with Crippen LogP contribution in [0.1, 0.15) is 45.6 Å². The van der Waals surface area contributed by atoms with Gasteiger partial charge in [-0.2, -0.15) is 0 Å². The van der Waals surface area contributed by atoms with Crippen LogP contribution >= 0.6 is 0 Å². The van der Waals surface area contributed by atoms with Crippen molar-refractivity contribution in [2.45, 2.75) is 46.5 Å². The molecule has 0 fully saturated rings. The van der Waals surface area contributed by atoms with Gasteiger partial charge in [0.15, 0.2) is 11.6 Å². The minimum atomic E-state index is -0.290. The van der Waals surface area contributed by atoms with E-state index < -0.39 is 0 Å². The molecule has 0 bridgehead atoms. The summed E-state index contributed by atoms with van der Waals surface area (Å²) in [4.78, 5) is 0. The highest BCUT2D eigenvalue weighted by molar-refractivity contribution is 5.64. The maximum Gasteiger partial charge on any atom is 0.165 e. The predicted molar refractivity (Wildman–Crippen MR) is 95.4 cm³/mol. The van der Waals surface area contributed by atoms with Gasteiger partial charge in [0.05, 0.1) is 6.61 Å². The van der Waals surface area contributed by atoms with Crippen molar-refractivity contribution >= 4 is 0 Å². The second-order valence-corrected chi connectivity index (χ2v) is 6.26. The first-order valence-electron chi connectivity index (χ1n) is 8.65. The minimum Gasteiger partial charge on any atom is -0.491 e. The number of halogens is 1. The van der Waals surface area contributed by atoms with Crippen molar-refractivity contribution < 1.29 is 9.13 Å². The van der Waals surface area contributed by atoms with Crippen molar-refractivity contribution in [3.63, 3.8) is 0 Å². The molecule has 0 aliphatic rings. The normalized spacial score (nSPS) is 12.2. The van der Waals surface area contributed by atoms with Crippen molar-refractivity contribution in [1.29, 1.82) is 0 Å². The SMILES string of the molecule is CCCCOc1ccc(-c2ccc(CC(C)CC)cc2)cc1F. The van der Waals surface area contributed by atoms with E-state index in [1.807, 2.05) is 6.07 Å². The average Bonchev–Trinajstić information content (AvgIpc) is 2.57. The van der Waals surface area contributed by atoms with Gasteiger partial charge in [-0.1, -0.05) is 63.9 Å². The molecule has 2 rings (SSSR count). The maximum atomic E-state index is 14.1. The molecule has 124 valence electrons. The Morgan fingerprint density at radius 1 is 1.00 bits per heavy atom. The lowest BCUT2D eigenvalue weighted by Crippen LogP contribution is -1.99. The number of ether oxygens (including phenoxy) is 1. The molecule has 23 heavy (non-hydrogen) atoms. The van der Waals surface area contributed by atoms with Crippen molar-refractivity contribution in [3.05, 3.63) is 53.8 Å². The maximum absolute atomic E-state index is 14.1. The zero-order valence-corrected chi connectivity index (χ0v) is 14.4. The molecule has 1 nitrogen and oxygen atoms in total. The molecule has 0 aromatic heterocycles. The summed E-state index contributed by atoms with van der Waals surface area (Å²) in [6, 6.07) is 13.6. The van der Waals surface area contributed by atoms with Gasteiger partial charge in [-0.15, -0.1) is 0 Å². The highest BCUT2D eigenvalue weighted by Crippen LogP contribution is 2.26. The van der Waals surface area contributed by atoms with Gasteiger partial charge in [0, 0.05) is 0 Å². The molecule has 0 aliphatic heterocycles. The molecule has 1 unspecified atom stereocenters. The summed E-state index contributed by atoms with van der Waals surface area (Å²) < 4.78 is 19.6. The molecule has 0 amide bonds. The third-order valence-electron chi connectivity index (χ3n) is 4.26. The van der Waals surface area contributed by atoms with Crippen LogP contribution in [0.2, 0.25) is 0 Å². The van der Waals surface area contributed by atoms with E-state index in [1.165, 1.54) is 12.0 Å². The van der Waals surface area contributed by atoms with Crippen LogP contribution in [0.3, 0.4) is 0 Å². The Morgan fingerprint density at radius 3 is 2.30 bits per heavy atom. The summed E-state index contributed by atoms with van der Waals surface area (Å²) in [5.74, 6) is 0.746. The first-order valence-corrected chi connectivity index (χ1v) is 8.65. The molecule has 2 aromatic carbocycles. The van der Waals surface area contributed by atoms with E-state index in [0.717, 1.165) is 30.4 Å². The van der Waals surface area contributed by atoms with Gasteiger partial charge in [0.25, 0.3) is 0 Å². The summed E-state index contributed by atoms with van der Waals surface area (Å²) in [6.45, 7) is 7.14. The summed E-state index contributed by atoms with van der Waals surface area (Å²) in [6.07, 6.45) is 4.27. The lowest BCUT2D eigenvalue weighted by Gasteiger charge is -2.10. The van der Waals surface area contributed by atoms with Crippen LogP contribution in [0.5, 0.6) is 5.75 Å². The molecule has 1 atom stereocenters. The van der Waals surface area contributed by atoms with Crippen LogP contribution in [0.15, 0.2) is 42.5 Å². The smallest absolute Gasteiger partial charge is 0.165 e. The molecular formula is C21H27FO. The Hall–Kier alpha value is -1.83. The second-order valence-electron chi connectivity index (χ2n) is 6.26. The Kier molecular flexibility index (Phi) is 6.64. The van der Waals surface area contributed by atoms with Gasteiger partial charge in [-0.05, 0) is 47.6 Å². The van der Waals surface area contributed by atoms with Gasteiger partial charge in [0.2, 0.25) is 0 Å². The Balaban J connectivity index is 2.08. The van der Waals surface area contributed by atoms with E-state index in [1.54, 1.807) is 12.1 Å². The van der Waals surface area contributed by atoms with Crippen LogP contribution in [-0.2, 0) is 6.42 Å². The van der Waals surface area contributed by atoms with Crippen molar-refractivity contribution in [2.75, 3.05) is 6.61 Å². The van der Waals surface area contributed by atoms with Crippen LogP contribution in [0, 0.1) is 11.7 Å². The molecule has 0 aliphatic carbocycles. The monoisotopic (exact) mass is 314 g/mol. The number of unbranched alkanes of at least 4 members (excludes halogenated alkanes) is 1. The molecule has 0 radical (unpaired) electrons. The lowest BCUT2D eigenvalue weighted by molar-refractivity contribution is 0.294. The molecular weight excluding hydrogens is 287 g/mol. The summed E-state index contributed by atoms with van der Waals surface area (Å²) in [5, 5.41) is 0. The van der Waals surface area contributed by atoms with Crippen LogP contribution < -0.4 is 4.74 Å². The minimum absolute atomic E-state index is 0.290. The molecule has 0 spiro atoms. The fourth-order valence-corrected chi connectivity index (χ4v) is 2.50. The van der Waals surface area contributed by atoms with Gasteiger partial charge in [-0.3, -0.25) is 0 Å². The van der Waals surface area contributed by atoms with Crippen molar-refractivity contribution in [2.24, 2.45) is 5.92 Å². The predicted octanol–water partition coefficient (Wildman–Crippen LogP) is 6.26. The first kappa shape index (κ1) is 17.5. The molecule has 2 aromatic rings. The number of rotatable bonds is 8. The van der Waals surface area contributed by atoms with Crippen LogP contribution in [-0.4, -0.2) is 6.61 Å². The van der Waals surface area contributed by atoms with Gasteiger partial charge >= 0.3 is 0 Å². The van der Waals surface area contributed by atoms with E-state index in [9.17, 15) is 4.39 Å². The van der Waals surface area contributed by atoms with E-state index in [-0.39, 0.29) is 5.82 Å². The van der Waals surface area contributed by atoms with Gasteiger partial charge < -0.3 is 4.74 Å². The zero-order chi connectivity index (χ0) is 16.7. The quantitative estimate of drug-likeness (QED) is 0.522. The molecule has 0 saturated heterocycles. The largest absolute Gasteiger partial charge is 0.491 e. The van der Waals surface area contributed by atoms with E-state index in [0.29, 0.717) is 18.3 Å². The summed E-state index contributed by atoms with van der Waals surface area (Å²) in [7, 11) is 0. The summed E-state index contributed by atoms with van der Waals surface area (Å²) >= 11 is 0. The third-order valence-corrected chi connectivity index (χ3v) is 4.26. The number of hydrogen-bond donors (Lipinski definition) is 0. The van der Waals surface area contributed by atoms with E-state index in [4.69, 9.17) is 4.74 Å². The fourth-order valence-electron chi connectivity index (χ4n) is 2.50. The highest BCUT2D eigenvalue weighted by atomic mass is 19.1. The van der Waals surface area contributed by atoms with Crippen LogP contribution in [0.25, 0.3) is 11.1 Å². The first-order chi connectivity index (χ1) is 11.1. The second kappa shape index (κ2) is 8.71. The standard InChI is InChI=1S/C21H27FO/c1-4-6-13-23-21-12-11-19(15-20(21)22)18-9-7-17(8-10-18)14-16(3)5-2/h7-12,15-16H,4-6,13-14H2,1-3H3. The fraction of sp³-hybridized carbons (Fsp3) is 0.429. The Morgan fingerprint density at radius 2 is 1.70 bits per heavy atom. The molecule has 0 heterocycles. The third kappa shape index (κ3) is 5.09. The summed E-state index contributed by atoms with van der Waals surface area (Å²) in [5.41, 5.74) is 3.26. The van der Waals surface area contributed by atoms with Crippen molar-refractivity contribution in [1.82, 2.24) is 0 Å². The van der Waals surface area contributed by atoms with E-state index in [2.05, 4.69) is 45.0 Å². The van der Waals surface area contributed by atoms with Crippen molar-refractivity contribution in [3.8, 4) is 16.9 Å². The van der Waals surface area contributed by atoms with Crippen LogP contribution in [0.4, 0.5) is 4.39 Å². The molecule has 2 heteroatoms. The van der Waals surface area contributed by atoms with Gasteiger partial charge in [0.1, 0.15) is 0 Å². The average molecular weight is 314 g/mol. The number of benzene rings is 2.